The van der Waals surface area contributed by atoms with Gasteiger partial charge in [0.1, 0.15) is 6.10 Å². The zero-order chi connectivity index (χ0) is 16.4. The van der Waals surface area contributed by atoms with Gasteiger partial charge in [-0.2, -0.15) is 0 Å². The molecule has 24 heavy (non-hydrogen) atoms. The molecule has 0 radical (unpaired) electrons. The van der Waals surface area contributed by atoms with E-state index < -0.39 is 5.72 Å². The minimum absolute atomic E-state index is 0.00453. The number of benzene rings is 2. The number of nitrogens with one attached hydrogen (secondary N) is 1. The van der Waals surface area contributed by atoms with Crippen molar-refractivity contribution >= 4 is 5.78 Å². The molecule has 2 aliphatic rings. The Labute approximate surface area is 141 Å². The number of carbonyl (C=O) groups excluding carboxylic acids is 1. The van der Waals surface area contributed by atoms with Crippen molar-refractivity contribution in [3.05, 3.63) is 71.8 Å². The summed E-state index contributed by atoms with van der Waals surface area (Å²) < 4.78 is 11.5. The molecule has 0 saturated carbocycles. The van der Waals surface area contributed by atoms with Crippen LogP contribution in [0.1, 0.15) is 28.3 Å². The first-order valence-corrected chi connectivity index (χ1v) is 8.45. The third-order valence-corrected chi connectivity index (χ3v) is 4.79. The molecule has 2 aliphatic heterocycles. The molecule has 124 valence electrons. The Kier molecular flexibility index (Phi) is 4.19. The van der Waals surface area contributed by atoms with Gasteiger partial charge in [0.2, 0.25) is 5.78 Å². The number of ether oxygens (including phenoxy) is 2. The molecule has 4 nitrogen and oxygen atoms in total. The van der Waals surface area contributed by atoms with Gasteiger partial charge in [-0.15, -0.1) is 0 Å². The Bertz CT molecular complexity index is 699. The van der Waals surface area contributed by atoms with Crippen LogP contribution in [0.15, 0.2) is 60.7 Å². The first-order valence-electron chi connectivity index (χ1n) is 8.45. The van der Waals surface area contributed by atoms with Crippen LogP contribution >= 0.6 is 0 Å². The molecule has 0 bridgehead atoms. The van der Waals surface area contributed by atoms with E-state index in [1.54, 1.807) is 0 Å². The van der Waals surface area contributed by atoms with Crippen LogP contribution in [-0.4, -0.2) is 37.4 Å². The van der Waals surface area contributed by atoms with Crippen molar-refractivity contribution in [2.45, 2.75) is 24.2 Å². The van der Waals surface area contributed by atoms with Crippen molar-refractivity contribution < 1.29 is 14.3 Å². The zero-order valence-corrected chi connectivity index (χ0v) is 13.5. The maximum Gasteiger partial charge on any atom is 0.210 e. The molecule has 4 rings (SSSR count). The average Bonchev–Trinajstić information content (AvgIpc) is 3.39. The number of carbonyl (C=O) groups is 1. The summed E-state index contributed by atoms with van der Waals surface area (Å²) in [5.41, 5.74) is 0.780. The molecule has 3 atom stereocenters. The first-order chi connectivity index (χ1) is 11.8. The third-order valence-electron chi connectivity index (χ3n) is 4.79. The maximum atomic E-state index is 13.4. The molecule has 0 unspecified atom stereocenters. The van der Waals surface area contributed by atoms with Crippen molar-refractivity contribution in [2.75, 3.05) is 19.8 Å². The largest absolute Gasteiger partial charge is 0.371 e. The Balaban J connectivity index is 1.70. The predicted octanol–water partition coefficient (Wildman–Crippen LogP) is 2.76. The highest BCUT2D eigenvalue weighted by atomic mass is 16.6. The van der Waals surface area contributed by atoms with E-state index in [0.29, 0.717) is 18.8 Å². The summed E-state index contributed by atoms with van der Waals surface area (Å²) >= 11 is 0. The lowest BCUT2D eigenvalue weighted by atomic mass is 9.84. The van der Waals surface area contributed by atoms with E-state index in [-0.39, 0.29) is 17.8 Å². The standard InChI is InChI=1S/C20H21NO3/c22-19(16-9-5-2-6-10-16)20(24-14-17-13-23-17)18(11-12-21-20)15-7-3-1-4-8-15/h1-10,17-18,21H,11-14H2/t17-,18-,20+/m0/s1. The molecular weight excluding hydrogens is 302 g/mol. The quantitative estimate of drug-likeness (QED) is 0.656. The van der Waals surface area contributed by atoms with Crippen LogP contribution in [0.5, 0.6) is 0 Å². The molecule has 0 amide bonds. The Morgan fingerprint density at radius 3 is 2.46 bits per heavy atom. The second-order valence-electron chi connectivity index (χ2n) is 6.38. The van der Waals surface area contributed by atoms with E-state index in [4.69, 9.17) is 9.47 Å². The van der Waals surface area contributed by atoms with Crippen molar-refractivity contribution in [1.29, 1.82) is 0 Å². The molecule has 2 aromatic carbocycles. The van der Waals surface area contributed by atoms with Gasteiger partial charge in [-0.25, -0.2) is 0 Å². The normalized spacial score (nSPS) is 28.7. The van der Waals surface area contributed by atoms with Gasteiger partial charge >= 0.3 is 0 Å². The molecule has 2 saturated heterocycles. The van der Waals surface area contributed by atoms with Crippen LogP contribution < -0.4 is 5.32 Å². The topological polar surface area (TPSA) is 50.9 Å². The Hall–Kier alpha value is -2.01. The minimum Gasteiger partial charge on any atom is -0.371 e. The van der Waals surface area contributed by atoms with Gasteiger partial charge in [0, 0.05) is 11.5 Å². The summed E-state index contributed by atoms with van der Waals surface area (Å²) in [5.74, 6) is -0.0136. The maximum absolute atomic E-state index is 13.4. The molecule has 0 aromatic heterocycles. The molecule has 2 fully saturated rings. The van der Waals surface area contributed by atoms with Crippen molar-refractivity contribution in [1.82, 2.24) is 5.32 Å². The first kappa shape index (κ1) is 15.5. The lowest BCUT2D eigenvalue weighted by molar-refractivity contribution is -0.0501. The van der Waals surface area contributed by atoms with Crippen LogP contribution in [0.3, 0.4) is 0 Å². The third kappa shape index (κ3) is 2.88. The fourth-order valence-electron chi connectivity index (χ4n) is 3.46. The second-order valence-corrected chi connectivity index (χ2v) is 6.38. The number of ketones is 1. The minimum atomic E-state index is -1.02. The van der Waals surface area contributed by atoms with Crippen LogP contribution in [-0.2, 0) is 9.47 Å². The van der Waals surface area contributed by atoms with Crippen LogP contribution in [0.25, 0.3) is 0 Å². The Morgan fingerprint density at radius 2 is 1.79 bits per heavy atom. The highest BCUT2D eigenvalue weighted by Crippen LogP contribution is 2.39. The van der Waals surface area contributed by atoms with E-state index in [2.05, 4.69) is 17.4 Å². The van der Waals surface area contributed by atoms with Gasteiger partial charge in [0.05, 0.1) is 13.2 Å². The van der Waals surface area contributed by atoms with Gasteiger partial charge in [-0.3, -0.25) is 10.1 Å². The van der Waals surface area contributed by atoms with Gasteiger partial charge < -0.3 is 9.47 Å². The summed E-state index contributed by atoms with van der Waals surface area (Å²) in [7, 11) is 0. The van der Waals surface area contributed by atoms with Gasteiger partial charge in [0.15, 0.2) is 5.72 Å². The zero-order valence-electron chi connectivity index (χ0n) is 13.5. The average molecular weight is 323 g/mol. The number of hydrogen-bond donors (Lipinski definition) is 1. The summed E-state index contributed by atoms with van der Waals surface area (Å²) in [6, 6.07) is 19.5. The lowest BCUT2D eigenvalue weighted by Crippen LogP contribution is -2.54. The van der Waals surface area contributed by atoms with E-state index in [1.165, 1.54) is 0 Å². The smallest absolute Gasteiger partial charge is 0.210 e. The van der Waals surface area contributed by atoms with Gasteiger partial charge in [-0.05, 0) is 18.5 Å². The molecule has 4 heteroatoms. The fourth-order valence-corrected chi connectivity index (χ4v) is 3.46. The highest BCUT2D eigenvalue weighted by molar-refractivity contribution is 6.03. The van der Waals surface area contributed by atoms with Crippen LogP contribution in [0.4, 0.5) is 0 Å². The molecule has 0 aliphatic carbocycles. The number of epoxide rings is 1. The van der Waals surface area contributed by atoms with Crippen molar-refractivity contribution in [2.24, 2.45) is 0 Å². The highest BCUT2D eigenvalue weighted by Gasteiger charge is 2.51. The molecule has 1 N–H and O–H groups in total. The Morgan fingerprint density at radius 1 is 1.12 bits per heavy atom. The second kappa shape index (κ2) is 6.48. The fraction of sp³-hybridized carbons (Fsp3) is 0.350. The summed E-state index contributed by atoms with van der Waals surface area (Å²) in [6.45, 7) is 1.91. The van der Waals surface area contributed by atoms with Crippen molar-refractivity contribution in [3.8, 4) is 0 Å². The number of hydrogen-bond acceptors (Lipinski definition) is 4. The summed E-state index contributed by atoms with van der Waals surface area (Å²) in [5, 5.41) is 3.37. The molecule has 0 spiro atoms. The monoisotopic (exact) mass is 323 g/mol. The molecular formula is C20H21NO3. The van der Waals surface area contributed by atoms with Gasteiger partial charge in [0.25, 0.3) is 0 Å². The predicted molar refractivity (Wildman–Crippen MR) is 91.0 cm³/mol. The van der Waals surface area contributed by atoms with Crippen molar-refractivity contribution in [3.63, 3.8) is 0 Å². The van der Waals surface area contributed by atoms with E-state index in [9.17, 15) is 4.79 Å². The summed E-state index contributed by atoms with van der Waals surface area (Å²) in [6.07, 6.45) is 0.984. The lowest BCUT2D eigenvalue weighted by Gasteiger charge is -2.34. The number of Topliss-reactive ketones (excluding diaryl/α,β-unsaturated/α-hetero) is 1. The summed E-state index contributed by atoms with van der Waals surface area (Å²) in [4.78, 5) is 13.4. The van der Waals surface area contributed by atoms with Crippen LogP contribution in [0, 0.1) is 0 Å². The number of rotatable bonds is 6. The van der Waals surface area contributed by atoms with Gasteiger partial charge in [-0.1, -0.05) is 60.7 Å². The van der Waals surface area contributed by atoms with Crippen LogP contribution in [0.2, 0.25) is 0 Å². The van der Waals surface area contributed by atoms with E-state index in [1.807, 2.05) is 48.5 Å². The van der Waals surface area contributed by atoms with E-state index >= 15 is 0 Å². The molecule has 2 heterocycles. The SMILES string of the molecule is O=C(c1ccccc1)[C@@]1(OC[C@@H]2CO2)NCC[C@H]1c1ccccc1. The van der Waals surface area contributed by atoms with E-state index in [0.717, 1.165) is 18.5 Å². The molecule has 2 aromatic rings.